The van der Waals surface area contributed by atoms with E-state index in [4.69, 9.17) is 21.3 Å². The monoisotopic (exact) mass is 278 g/mol. The van der Waals surface area contributed by atoms with Gasteiger partial charge in [0, 0.05) is 24.9 Å². The molecule has 0 saturated carbocycles. The van der Waals surface area contributed by atoms with Gasteiger partial charge in [0.05, 0.1) is 17.1 Å². The third kappa shape index (κ3) is 2.49. The molecular formula is C15H19ClN2O. The molecule has 0 amide bonds. The first-order valence-electron chi connectivity index (χ1n) is 6.93. The van der Waals surface area contributed by atoms with E-state index in [0.29, 0.717) is 18.0 Å². The van der Waals surface area contributed by atoms with Gasteiger partial charge in [0.1, 0.15) is 5.82 Å². The smallest absolute Gasteiger partial charge is 0.111 e. The summed E-state index contributed by atoms with van der Waals surface area (Å²) >= 11 is 5.93. The maximum absolute atomic E-state index is 5.93. The molecule has 4 heteroatoms. The van der Waals surface area contributed by atoms with Crippen molar-refractivity contribution in [3.8, 4) is 0 Å². The van der Waals surface area contributed by atoms with Gasteiger partial charge in [-0.3, -0.25) is 0 Å². The van der Waals surface area contributed by atoms with E-state index >= 15 is 0 Å². The molecule has 2 heterocycles. The lowest BCUT2D eigenvalue weighted by Crippen LogP contribution is -2.26. The van der Waals surface area contributed by atoms with Crippen molar-refractivity contribution in [3.63, 3.8) is 0 Å². The number of aromatic nitrogens is 2. The first-order valence-corrected chi connectivity index (χ1v) is 7.46. The van der Waals surface area contributed by atoms with Crippen molar-refractivity contribution in [3.05, 3.63) is 30.1 Å². The Morgan fingerprint density at radius 2 is 2.26 bits per heavy atom. The molecule has 1 aliphatic rings. The molecule has 0 radical (unpaired) electrons. The Labute approximate surface area is 118 Å². The number of hydrogen-bond donors (Lipinski definition) is 0. The highest BCUT2D eigenvalue weighted by molar-refractivity contribution is 6.17. The van der Waals surface area contributed by atoms with Gasteiger partial charge in [-0.2, -0.15) is 0 Å². The molecule has 2 aromatic rings. The fourth-order valence-electron chi connectivity index (χ4n) is 2.97. The number of halogens is 1. The standard InChI is InChI=1S/C15H19ClN2O/c1-11-10-12(7-9-19-11)18-14-5-3-2-4-13(14)17-15(18)6-8-16/h2-5,11-12H,6-10H2,1H3. The molecule has 102 valence electrons. The summed E-state index contributed by atoms with van der Waals surface area (Å²) in [6, 6.07) is 8.83. The predicted molar refractivity (Wildman–Crippen MR) is 77.8 cm³/mol. The van der Waals surface area contributed by atoms with Gasteiger partial charge in [0.15, 0.2) is 0 Å². The molecule has 2 atom stereocenters. The third-order valence-corrected chi connectivity index (χ3v) is 4.00. The summed E-state index contributed by atoms with van der Waals surface area (Å²) in [5.41, 5.74) is 2.29. The summed E-state index contributed by atoms with van der Waals surface area (Å²) in [7, 11) is 0. The van der Waals surface area contributed by atoms with E-state index in [-0.39, 0.29) is 0 Å². The van der Waals surface area contributed by atoms with Gasteiger partial charge >= 0.3 is 0 Å². The zero-order valence-corrected chi connectivity index (χ0v) is 11.9. The maximum atomic E-state index is 5.93. The van der Waals surface area contributed by atoms with Crippen molar-refractivity contribution in [2.24, 2.45) is 0 Å². The number of hydrogen-bond acceptors (Lipinski definition) is 2. The minimum Gasteiger partial charge on any atom is -0.378 e. The molecule has 0 spiro atoms. The van der Waals surface area contributed by atoms with Crippen LogP contribution in [0.25, 0.3) is 11.0 Å². The molecule has 3 nitrogen and oxygen atoms in total. The van der Waals surface area contributed by atoms with E-state index in [0.717, 1.165) is 37.2 Å². The first kappa shape index (κ1) is 12.9. The Morgan fingerprint density at radius 1 is 1.42 bits per heavy atom. The Balaban J connectivity index is 2.06. The van der Waals surface area contributed by atoms with Crippen LogP contribution in [0.15, 0.2) is 24.3 Å². The van der Waals surface area contributed by atoms with E-state index in [1.54, 1.807) is 0 Å². The SMILES string of the molecule is CC1CC(n2c(CCCl)nc3ccccc32)CCO1. The number of nitrogens with zero attached hydrogens (tertiary/aromatic N) is 2. The summed E-state index contributed by atoms with van der Waals surface area (Å²) in [5, 5.41) is 0. The Kier molecular flexibility index (Phi) is 3.76. The Bertz CT molecular complexity index is 566. The molecule has 0 aliphatic carbocycles. The van der Waals surface area contributed by atoms with Crippen molar-refractivity contribution < 1.29 is 4.74 Å². The van der Waals surface area contributed by atoms with E-state index in [9.17, 15) is 0 Å². The van der Waals surface area contributed by atoms with Crippen LogP contribution in [0.4, 0.5) is 0 Å². The van der Waals surface area contributed by atoms with Gasteiger partial charge < -0.3 is 9.30 Å². The lowest BCUT2D eigenvalue weighted by atomic mass is 10.0. The minimum absolute atomic E-state index is 0.323. The van der Waals surface area contributed by atoms with Crippen LogP contribution >= 0.6 is 11.6 Å². The largest absolute Gasteiger partial charge is 0.378 e. The molecule has 1 aliphatic heterocycles. The van der Waals surface area contributed by atoms with Gasteiger partial charge in [-0.05, 0) is 31.9 Å². The third-order valence-electron chi connectivity index (χ3n) is 3.81. The van der Waals surface area contributed by atoms with Gasteiger partial charge in [-0.1, -0.05) is 12.1 Å². The normalized spacial score (nSPS) is 23.9. The van der Waals surface area contributed by atoms with E-state index in [2.05, 4.69) is 29.7 Å². The molecule has 1 saturated heterocycles. The zero-order valence-electron chi connectivity index (χ0n) is 11.2. The number of aryl methyl sites for hydroxylation is 1. The molecule has 19 heavy (non-hydrogen) atoms. The molecule has 1 aromatic carbocycles. The van der Waals surface area contributed by atoms with E-state index in [1.165, 1.54) is 5.52 Å². The van der Waals surface area contributed by atoms with Crippen molar-refractivity contribution >= 4 is 22.6 Å². The minimum atomic E-state index is 0.323. The van der Waals surface area contributed by atoms with Crippen LogP contribution in [0.2, 0.25) is 0 Å². The summed E-state index contributed by atoms with van der Waals surface area (Å²) in [5.74, 6) is 1.72. The summed E-state index contributed by atoms with van der Waals surface area (Å²) in [4.78, 5) is 4.74. The van der Waals surface area contributed by atoms with E-state index < -0.39 is 0 Å². The van der Waals surface area contributed by atoms with Gasteiger partial charge in [-0.25, -0.2) is 4.98 Å². The molecule has 2 unspecified atom stereocenters. The highest BCUT2D eigenvalue weighted by Gasteiger charge is 2.24. The molecule has 3 rings (SSSR count). The highest BCUT2D eigenvalue weighted by Crippen LogP contribution is 2.30. The summed E-state index contributed by atoms with van der Waals surface area (Å²) in [6.45, 7) is 2.98. The maximum Gasteiger partial charge on any atom is 0.111 e. The topological polar surface area (TPSA) is 27.1 Å². The number of ether oxygens (including phenoxy) is 1. The molecule has 1 aromatic heterocycles. The van der Waals surface area contributed by atoms with Crippen LogP contribution in [-0.2, 0) is 11.2 Å². The summed E-state index contributed by atoms with van der Waals surface area (Å²) < 4.78 is 8.04. The number of benzene rings is 1. The summed E-state index contributed by atoms with van der Waals surface area (Å²) in [6.07, 6.45) is 3.25. The van der Waals surface area contributed by atoms with Crippen molar-refractivity contribution in [1.82, 2.24) is 9.55 Å². The molecular weight excluding hydrogens is 260 g/mol. The average Bonchev–Trinajstić information content (AvgIpc) is 2.77. The Hall–Kier alpha value is -1.06. The average molecular weight is 279 g/mol. The zero-order chi connectivity index (χ0) is 13.2. The van der Waals surface area contributed by atoms with Gasteiger partial charge in [-0.15, -0.1) is 11.6 Å². The second-order valence-corrected chi connectivity index (χ2v) is 5.56. The quantitative estimate of drug-likeness (QED) is 0.803. The number of para-hydroxylation sites is 2. The molecule has 1 fully saturated rings. The highest BCUT2D eigenvalue weighted by atomic mass is 35.5. The van der Waals surface area contributed by atoms with Crippen molar-refractivity contribution in [1.29, 1.82) is 0 Å². The van der Waals surface area contributed by atoms with Crippen LogP contribution in [-0.4, -0.2) is 28.1 Å². The lowest BCUT2D eigenvalue weighted by Gasteiger charge is -2.29. The van der Waals surface area contributed by atoms with Crippen LogP contribution < -0.4 is 0 Å². The predicted octanol–water partition coefficient (Wildman–Crippen LogP) is 3.56. The van der Waals surface area contributed by atoms with Gasteiger partial charge in [0.25, 0.3) is 0 Å². The first-order chi connectivity index (χ1) is 9.29. The fourth-order valence-corrected chi connectivity index (χ4v) is 3.14. The fraction of sp³-hybridized carbons (Fsp3) is 0.533. The van der Waals surface area contributed by atoms with Crippen LogP contribution in [0, 0.1) is 0 Å². The number of fused-ring (bicyclic) bond motifs is 1. The molecule has 0 N–H and O–H groups in total. The number of alkyl halides is 1. The molecule has 0 bridgehead atoms. The van der Waals surface area contributed by atoms with Crippen molar-refractivity contribution in [2.75, 3.05) is 12.5 Å². The second-order valence-electron chi connectivity index (χ2n) is 5.19. The van der Waals surface area contributed by atoms with Crippen LogP contribution in [0.1, 0.15) is 31.6 Å². The van der Waals surface area contributed by atoms with Crippen molar-refractivity contribution in [2.45, 2.75) is 38.3 Å². The second kappa shape index (κ2) is 5.51. The van der Waals surface area contributed by atoms with Crippen LogP contribution in [0.3, 0.4) is 0 Å². The van der Waals surface area contributed by atoms with Crippen LogP contribution in [0.5, 0.6) is 0 Å². The Morgan fingerprint density at radius 3 is 3.05 bits per heavy atom. The lowest BCUT2D eigenvalue weighted by molar-refractivity contribution is 0.00625. The van der Waals surface area contributed by atoms with E-state index in [1.807, 2.05) is 6.07 Å². The number of imidazole rings is 1. The van der Waals surface area contributed by atoms with Gasteiger partial charge in [0.2, 0.25) is 0 Å². The number of rotatable bonds is 3.